The molecular formula is C20H18Br2ClN5O4S. The van der Waals surface area contributed by atoms with Gasteiger partial charge >= 0.3 is 6.09 Å². The van der Waals surface area contributed by atoms with Crippen LogP contribution in [0.25, 0.3) is 0 Å². The van der Waals surface area contributed by atoms with Crippen LogP contribution in [0.15, 0.2) is 63.8 Å². The summed E-state index contributed by atoms with van der Waals surface area (Å²) >= 11 is 14.1. The van der Waals surface area contributed by atoms with Crippen molar-refractivity contribution >= 4 is 84.8 Å². The highest BCUT2D eigenvalue weighted by atomic mass is 79.9. The first-order valence-corrected chi connectivity index (χ1v) is 12.1. The molecule has 1 aromatic carbocycles. The Morgan fingerprint density at radius 2 is 2.00 bits per heavy atom. The van der Waals surface area contributed by atoms with Crippen molar-refractivity contribution < 1.29 is 19.1 Å². The second-order valence-corrected chi connectivity index (χ2v) is 8.82. The SMILES string of the molecule is C=C/C=C(/C(=O)Nc1c(Br)cc(Br)cc1C(=O)NNC(=O)OC)N(SC)c1ncccc1Cl. The van der Waals surface area contributed by atoms with E-state index in [9.17, 15) is 14.4 Å². The van der Waals surface area contributed by atoms with Crippen molar-refractivity contribution in [1.29, 1.82) is 0 Å². The number of amides is 3. The maximum absolute atomic E-state index is 13.3. The lowest BCUT2D eigenvalue weighted by atomic mass is 10.1. The Morgan fingerprint density at radius 1 is 1.27 bits per heavy atom. The molecule has 2 rings (SSSR count). The molecule has 0 atom stereocenters. The predicted octanol–water partition coefficient (Wildman–Crippen LogP) is 5.05. The maximum Gasteiger partial charge on any atom is 0.425 e. The zero-order valence-corrected chi connectivity index (χ0v) is 22.1. The van der Waals surface area contributed by atoms with Crippen molar-refractivity contribution in [2.24, 2.45) is 0 Å². The maximum atomic E-state index is 13.3. The molecule has 0 fully saturated rings. The molecule has 0 saturated heterocycles. The van der Waals surface area contributed by atoms with E-state index in [1.165, 1.54) is 34.5 Å². The van der Waals surface area contributed by atoms with Crippen LogP contribution >= 0.6 is 55.4 Å². The highest BCUT2D eigenvalue weighted by molar-refractivity contribution is 9.11. The predicted molar refractivity (Wildman–Crippen MR) is 137 cm³/mol. The van der Waals surface area contributed by atoms with Gasteiger partial charge in [0.25, 0.3) is 11.8 Å². The van der Waals surface area contributed by atoms with E-state index >= 15 is 0 Å². The molecule has 2 aromatic rings. The lowest BCUT2D eigenvalue weighted by molar-refractivity contribution is -0.112. The first-order valence-electron chi connectivity index (χ1n) is 8.95. The molecule has 0 aliphatic heterocycles. The Hall–Kier alpha value is -2.54. The standard InChI is InChI=1S/C20H18Br2ClN5O4S/c1-4-6-15(28(33-3)17-14(23)7-5-8-24-17)19(30)25-16-12(9-11(21)10-13(16)22)18(29)26-27-20(31)32-2/h4-10H,1H2,2-3H3,(H,25,30)(H,26,29)(H,27,31)/b15-6-. The van der Waals surface area contributed by atoms with Gasteiger partial charge in [-0.3, -0.25) is 19.3 Å². The van der Waals surface area contributed by atoms with E-state index in [2.05, 4.69) is 64.3 Å². The summed E-state index contributed by atoms with van der Waals surface area (Å²) in [4.78, 5) is 41.5. The number of hydrazine groups is 1. The summed E-state index contributed by atoms with van der Waals surface area (Å²) < 4.78 is 6.94. The molecule has 0 aliphatic carbocycles. The van der Waals surface area contributed by atoms with Gasteiger partial charge in [0.15, 0.2) is 5.82 Å². The van der Waals surface area contributed by atoms with E-state index in [0.717, 1.165) is 7.11 Å². The summed E-state index contributed by atoms with van der Waals surface area (Å²) in [7, 11) is 1.15. The molecule has 1 heterocycles. The second-order valence-electron chi connectivity index (χ2n) is 5.91. The van der Waals surface area contributed by atoms with Crippen LogP contribution < -0.4 is 20.5 Å². The topological polar surface area (TPSA) is 113 Å². The average Bonchev–Trinajstić information content (AvgIpc) is 2.79. The molecular weight excluding hydrogens is 602 g/mol. The van der Waals surface area contributed by atoms with Crippen molar-refractivity contribution in [3.8, 4) is 0 Å². The fraction of sp³-hybridized carbons (Fsp3) is 0.100. The third kappa shape index (κ3) is 6.97. The number of hydrogen-bond acceptors (Lipinski definition) is 7. The minimum Gasteiger partial charge on any atom is -0.452 e. The van der Waals surface area contributed by atoms with E-state index in [1.54, 1.807) is 30.7 Å². The summed E-state index contributed by atoms with van der Waals surface area (Å²) in [6, 6.07) is 6.46. The number of rotatable bonds is 7. The number of ether oxygens (including phenoxy) is 1. The van der Waals surface area contributed by atoms with Crippen LogP contribution in [-0.4, -0.2) is 36.3 Å². The van der Waals surface area contributed by atoms with Crippen molar-refractivity contribution in [2.75, 3.05) is 23.0 Å². The number of anilines is 2. The first kappa shape index (κ1) is 26.7. The van der Waals surface area contributed by atoms with E-state index in [1.807, 2.05) is 0 Å². The fourth-order valence-corrected chi connectivity index (χ4v) is 4.70. The smallest absolute Gasteiger partial charge is 0.425 e. The van der Waals surface area contributed by atoms with Gasteiger partial charge in [-0.05, 0) is 58.2 Å². The summed E-state index contributed by atoms with van der Waals surface area (Å²) in [5, 5.41) is 3.07. The van der Waals surface area contributed by atoms with Crippen LogP contribution in [0.2, 0.25) is 5.02 Å². The van der Waals surface area contributed by atoms with E-state index < -0.39 is 17.9 Å². The molecule has 0 aliphatic rings. The highest BCUT2D eigenvalue weighted by Crippen LogP contribution is 2.34. The molecule has 0 unspecified atom stereocenters. The number of methoxy groups -OCH3 is 1. The Balaban J connectivity index is 2.43. The minimum atomic E-state index is -0.859. The van der Waals surface area contributed by atoms with Gasteiger partial charge < -0.3 is 10.1 Å². The second kappa shape index (κ2) is 12.6. The Labute approximate surface area is 216 Å². The van der Waals surface area contributed by atoms with Crippen LogP contribution in [-0.2, 0) is 9.53 Å². The molecule has 3 amide bonds. The van der Waals surface area contributed by atoms with E-state index in [-0.39, 0.29) is 16.9 Å². The van der Waals surface area contributed by atoms with Crippen molar-refractivity contribution in [3.63, 3.8) is 0 Å². The molecule has 0 bridgehead atoms. The number of aromatic nitrogens is 1. The molecule has 174 valence electrons. The number of allylic oxidation sites excluding steroid dienone is 2. The molecule has 13 heteroatoms. The van der Waals surface area contributed by atoms with Gasteiger partial charge in [-0.25, -0.2) is 15.2 Å². The zero-order valence-electron chi connectivity index (χ0n) is 17.3. The Bertz CT molecular complexity index is 1120. The van der Waals surface area contributed by atoms with Crippen LogP contribution in [0, 0.1) is 0 Å². The van der Waals surface area contributed by atoms with Gasteiger partial charge in [-0.15, -0.1) is 0 Å². The van der Waals surface area contributed by atoms with Crippen molar-refractivity contribution in [1.82, 2.24) is 15.8 Å². The summed E-state index contributed by atoms with van der Waals surface area (Å²) in [6.07, 6.45) is 5.38. The lowest BCUT2D eigenvalue weighted by Gasteiger charge is -2.24. The molecule has 3 N–H and O–H groups in total. The van der Waals surface area contributed by atoms with Gasteiger partial charge in [0.05, 0.1) is 23.4 Å². The van der Waals surface area contributed by atoms with Crippen LogP contribution in [0.4, 0.5) is 16.3 Å². The van der Waals surface area contributed by atoms with Gasteiger partial charge in [0, 0.05) is 21.4 Å². The number of halogens is 3. The molecule has 1 aromatic heterocycles. The third-order valence-corrected chi connectivity index (χ3v) is 5.96. The minimum absolute atomic E-state index is 0.0607. The quantitative estimate of drug-likeness (QED) is 0.172. The number of hydrogen-bond donors (Lipinski definition) is 3. The largest absolute Gasteiger partial charge is 0.452 e. The summed E-state index contributed by atoms with van der Waals surface area (Å²) in [5.74, 6) is -0.907. The van der Waals surface area contributed by atoms with Gasteiger partial charge in [-0.1, -0.05) is 40.2 Å². The molecule has 33 heavy (non-hydrogen) atoms. The Kier molecular flexibility index (Phi) is 10.2. The van der Waals surface area contributed by atoms with Crippen molar-refractivity contribution in [3.05, 3.63) is 74.4 Å². The van der Waals surface area contributed by atoms with Crippen molar-refractivity contribution in [2.45, 2.75) is 0 Å². The van der Waals surface area contributed by atoms with Gasteiger partial charge in [-0.2, -0.15) is 0 Å². The first-order chi connectivity index (χ1) is 15.7. The molecule has 9 nitrogen and oxygen atoms in total. The number of carbonyl (C=O) groups excluding carboxylic acids is 3. The van der Waals surface area contributed by atoms with Crippen LogP contribution in [0.5, 0.6) is 0 Å². The van der Waals surface area contributed by atoms with E-state index in [0.29, 0.717) is 19.8 Å². The summed E-state index contributed by atoms with van der Waals surface area (Å²) in [6.45, 7) is 3.67. The number of pyridine rings is 1. The third-order valence-electron chi connectivity index (χ3n) is 3.84. The van der Waals surface area contributed by atoms with Crippen LogP contribution in [0.1, 0.15) is 10.4 Å². The van der Waals surface area contributed by atoms with E-state index in [4.69, 9.17) is 11.6 Å². The monoisotopic (exact) mass is 617 g/mol. The van der Waals surface area contributed by atoms with Crippen LogP contribution in [0.3, 0.4) is 0 Å². The number of benzene rings is 1. The Morgan fingerprint density at radius 3 is 2.61 bits per heavy atom. The average molecular weight is 620 g/mol. The number of nitrogens with zero attached hydrogens (tertiary/aromatic N) is 2. The normalized spacial score (nSPS) is 10.8. The van der Waals surface area contributed by atoms with Gasteiger partial charge in [0.1, 0.15) is 5.70 Å². The number of nitrogens with one attached hydrogen (secondary N) is 3. The summed E-state index contributed by atoms with van der Waals surface area (Å²) in [5.41, 5.74) is 4.68. The molecule has 0 saturated carbocycles. The lowest BCUT2D eigenvalue weighted by Crippen LogP contribution is -2.42. The zero-order chi connectivity index (χ0) is 24.5. The highest BCUT2D eigenvalue weighted by Gasteiger charge is 2.25. The molecule has 0 spiro atoms. The molecule has 0 radical (unpaired) electrons. The number of carbonyl (C=O) groups is 3. The fourth-order valence-electron chi connectivity index (χ4n) is 2.46. The van der Waals surface area contributed by atoms with Gasteiger partial charge in [0.2, 0.25) is 0 Å².